The molecular formula is C9H10FNO2. The van der Waals surface area contributed by atoms with Crippen LogP contribution in [0.25, 0.3) is 0 Å². The van der Waals surface area contributed by atoms with Gasteiger partial charge in [-0.05, 0) is 17.7 Å². The Labute approximate surface area is 75.0 Å². The molecule has 3 nitrogen and oxygen atoms in total. The predicted molar refractivity (Wildman–Crippen MR) is 45.4 cm³/mol. The number of hydrogen-bond acceptors (Lipinski definition) is 2. The van der Waals surface area contributed by atoms with Crippen LogP contribution in [0.2, 0.25) is 0 Å². The minimum atomic E-state index is -0.749. The van der Waals surface area contributed by atoms with Crippen molar-refractivity contribution in [3.63, 3.8) is 0 Å². The molecule has 0 radical (unpaired) electrons. The van der Waals surface area contributed by atoms with Crippen LogP contribution in [0.5, 0.6) is 0 Å². The van der Waals surface area contributed by atoms with E-state index in [-0.39, 0.29) is 12.4 Å². The molecule has 4 heteroatoms. The average Bonchev–Trinajstić information content (AvgIpc) is 2.09. The van der Waals surface area contributed by atoms with Gasteiger partial charge >= 0.3 is 0 Å². The van der Waals surface area contributed by atoms with Crippen molar-refractivity contribution in [3.05, 3.63) is 35.6 Å². The first-order valence-electron chi connectivity index (χ1n) is 3.80. The molecule has 3 N–H and O–H groups in total. The van der Waals surface area contributed by atoms with Crippen molar-refractivity contribution in [2.24, 2.45) is 5.73 Å². The average molecular weight is 183 g/mol. The maximum atomic E-state index is 12.5. The number of primary amides is 1. The largest absolute Gasteiger partial charge is 0.395 e. The first-order valence-corrected chi connectivity index (χ1v) is 3.80. The fourth-order valence-electron chi connectivity index (χ4n) is 1.05. The van der Waals surface area contributed by atoms with Gasteiger partial charge in [0.1, 0.15) is 5.82 Å². The smallest absolute Gasteiger partial charge is 0.227 e. The molecule has 70 valence electrons. The number of aliphatic hydroxyl groups is 1. The van der Waals surface area contributed by atoms with E-state index in [2.05, 4.69) is 0 Å². The molecule has 1 rings (SSSR count). The van der Waals surface area contributed by atoms with Gasteiger partial charge in [0.2, 0.25) is 5.91 Å². The molecule has 0 saturated heterocycles. The fraction of sp³-hybridized carbons (Fsp3) is 0.222. The molecule has 0 aliphatic heterocycles. The third-order valence-corrected chi connectivity index (χ3v) is 1.80. The van der Waals surface area contributed by atoms with Crippen molar-refractivity contribution in [2.75, 3.05) is 6.61 Å². The van der Waals surface area contributed by atoms with Gasteiger partial charge in [0, 0.05) is 0 Å². The van der Waals surface area contributed by atoms with Gasteiger partial charge in [-0.15, -0.1) is 0 Å². The fourth-order valence-corrected chi connectivity index (χ4v) is 1.05. The van der Waals surface area contributed by atoms with E-state index in [0.29, 0.717) is 5.56 Å². The lowest BCUT2D eigenvalue weighted by Crippen LogP contribution is -2.24. The Hall–Kier alpha value is -1.42. The molecule has 0 aromatic heterocycles. The third kappa shape index (κ3) is 2.26. The van der Waals surface area contributed by atoms with Crippen LogP contribution >= 0.6 is 0 Å². The molecule has 1 aromatic rings. The lowest BCUT2D eigenvalue weighted by atomic mass is 10.00. The lowest BCUT2D eigenvalue weighted by Gasteiger charge is -2.09. The van der Waals surface area contributed by atoms with E-state index in [0.717, 1.165) is 0 Å². The second-order valence-corrected chi connectivity index (χ2v) is 2.69. The number of rotatable bonds is 3. The van der Waals surface area contributed by atoms with E-state index < -0.39 is 11.8 Å². The molecule has 0 aliphatic rings. The summed E-state index contributed by atoms with van der Waals surface area (Å²) in [5.41, 5.74) is 5.55. The highest BCUT2D eigenvalue weighted by Gasteiger charge is 2.15. The second kappa shape index (κ2) is 4.00. The number of amides is 1. The number of aliphatic hydroxyl groups excluding tert-OH is 1. The zero-order valence-corrected chi connectivity index (χ0v) is 6.90. The van der Waals surface area contributed by atoms with E-state index >= 15 is 0 Å². The molecule has 1 atom stereocenters. The quantitative estimate of drug-likeness (QED) is 0.711. The molecule has 0 aliphatic carbocycles. The molecule has 1 amide bonds. The first-order chi connectivity index (χ1) is 6.15. The Morgan fingerprint density at radius 2 is 2.00 bits per heavy atom. The van der Waals surface area contributed by atoms with Gasteiger partial charge in [-0.2, -0.15) is 0 Å². The maximum absolute atomic E-state index is 12.5. The number of hydrogen-bond donors (Lipinski definition) is 2. The number of halogens is 1. The van der Waals surface area contributed by atoms with Crippen molar-refractivity contribution in [1.82, 2.24) is 0 Å². The van der Waals surface area contributed by atoms with Gasteiger partial charge in [-0.3, -0.25) is 4.79 Å². The van der Waals surface area contributed by atoms with Crippen molar-refractivity contribution >= 4 is 5.91 Å². The normalized spacial score (nSPS) is 12.5. The van der Waals surface area contributed by atoms with Crippen molar-refractivity contribution in [1.29, 1.82) is 0 Å². The van der Waals surface area contributed by atoms with E-state index in [1.165, 1.54) is 24.3 Å². The standard InChI is InChI=1S/C9H10FNO2/c10-7-3-1-6(2-4-7)8(5-12)9(11)13/h1-4,8,12H,5H2,(H2,11,13). The summed E-state index contributed by atoms with van der Waals surface area (Å²) in [4.78, 5) is 10.8. The molecule has 1 aromatic carbocycles. The van der Waals surface area contributed by atoms with E-state index in [9.17, 15) is 9.18 Å². The summed E-state index contributed by atoms with van der Waals surface area (Å²) in [6, 6.07) is 5.31. The SMILES string of the molecule is NC(=O)C(CO)c1ccc(F)cc1. The van der Waals surface area contributed by atoms with Crippen LogP contribution in [0, 0.1) is 5.82 Å². The first kappa shape index (κ1) is 9.67. The summed E-state index contributed by atoms with van der Waals surface area (Å²) in [6.45, 7) is -0.360. The van der Waals surface area contributed by atoms with Crippen LogP contribution in [0.1, 0.15) is 11.5 Å². The Morgan fingerprint density at radius 3 is 2.38 bits per heavy atom. The minimum absolute atomic E-state index is 0.360. The van der Waals surface area contributed by atoms with Gasteiger partial charge in [-0.25, -0.2) is 4.39 Å². The summed E-state index contributed by atoms with van der Waals surface area (Å²) < 4.78 is 12.5. The molecular weight excluding hydrogens is 173 g/mol. The van der Waals surface area contributed by atoms with Gasteiger partial charge in [0.25, 0.3) is 0 Å². The summed E-state index contributed by atoms with van der Waals surface area (Å²) in [7, 11) is 0. The molecule has 13 heavy (non-hydrogen) atoms. The number of carbonyl (C=O) groups is 1. The van der Waals surface area contributed by atoms with Crippen molar-refractivity contribution in [3.8, 4) is 0 Å². The highest BCUT2D eigenvalue weighted by atomic mass is 19.1. The molecule has 1 unspecified atom stereocenters. The van der Waals surface area contributed by atoms with Crippen LogP contribution < -0.4 is 5.73 Å². The Bertz CT molecular complexity index is 297. The Morgan fingerprint density at radius 1 is 1.46 bits per heavy atom. The number of benzene rings is 1. The number of nitrogens with two attached hydrogens (primary N) is 1. The molecule has 0 fully saturated rings. The Kier molecular flexibility index (Phi) is 2.97. The van der Waals surface area contributed by atoms with Gasteiger partial charge in [0.15, 0.2) is 0 Å². The summed E-state index contributed by atoms with van der Waals surface area (Å²) in [5.74, 6) is -1.75. The molecule has 0 heterocycles. The monoisotopic (exact) mass is 183 g/mol. The second-order valence-electron chi connectivity index (χ2n) is 2.69. The summed E-state index contributed by atoms with van der Waals surface area (Å²) >= 11 is 0. The van der Waals surface area contributed by atoms with E-state index in [4.69, 9.17) is 10.8 Å². The van der Waals surface area contributed by atoms with Crippen molar-refractivity contribution < 1.29 is 14.3 Å². The minimum Gasteiger partial charge on any atom is -0.395 e. The van der Waals surface area contributed by atoms with Crippen LogP contribution in [0.4, 0.5) is 4.39 Å². The van der Waals surface area contributed by atoms with Crippen molar-refractivity contribution in [2.45, 2.75) is 5.92 Å². The van der Waals surface area contributed by atoms with Gasteiger partial charge in [0.05, 0.1) is 12.5 Å². The molecule has 0 saturated carbocycles. The molecule has 0 bridgehead atoms. The number of carbonyl (C=O) groups excluding carboxylic acids is 1. The van der Waals surface area contributed by atoms with Crippen LogP contribution in [0.15, 0.2) is 24.3 Å². The van der Waals surface area contributed by atoms with E-state index in [1.807, 2.05) is 0 Å². The van der Waals surface area contributed by atoms with Gasteiger partial charge < -0.3 is 10.8 Å². The van der Waals surface area contributed by atoms with Crippen LogP contribution in [-0.4, -0.2) is 17.6 Å². The highest BCUT2D eigenvalue weighted by molar-refractivity contribution is 5.82. The molecule has 0 spiro atoms. The topological polar surface area (TPSA) is 63.3 Å². The van der Waals surface area contributed by atoms with E-state index in [1.54, 1.807) is 0 Å². The van der Waals surface area contributed by atoms with Crippen LogP contribution in [-0.2, 0) is 4.79 Å². The Balaban J connectivity index is 2.92. The zero-order chi connectivity index (χ0) is 9.84. The van der Waals surface area contributed by atoms with Gasteiger partial charge in [-0.1, -0.05) is 12.1 Å². The summed E-state index contributed by atoms with van der Waals surface area (Å²) in [5, 5.41) is 8.82. The summed E-state index contributed by atoms with van der Waals surface area (Å²) in [6.07, 6.45) is 0. The maximum Gasteiger partial charge on any atom is 0.227 e. The lowest BCUT2D eigenvalue weighted by molar-refractivity contribution is -0.120. The van der Waals surface area contributed by atoms with Crippen LogP contribution in [0.3, 0.4) is 0 Å². The highest BCUT2D eigenvalue weighted by Crippen LogP contribution is 2.14. The zero-order valence-electron chi connectivity index (χ0n) is 6.90. The third-order valence-electron chi connectivity index (χ3n) is 1.80. The predicted octanol–water partition coefficient (Wildman–Crippen LogP) is 0.387.